The Morgan fingerprint density at radius 2 is 1.69 bits per heavy atom. The minimum Gasteiger partial charge on any atom is -0.350 e. The second-order valence-electron chi connectivity index (χ2n) is 8.34. The molecule has 2 aromatic rings. The van der Waals surface area contributed by atoms with Gasteiger partial charge >= 0.3 is 0 Å². The molecule has 6 heteroatoms. The first-order valence-electron chi connectivity index (χ1n) is 9.34. The van der Waals surface area contributed by atoms with E-state index in [9.17, 15) is 9.18 Å². The lowest BCUT2D eigenvalue weighted by Gasteiger charge is -2.56. The molecule has 1 heterocycles. The third-order valence-corrected chi connectivity index (χ3v) is 6.88. The fourth-order valence-electron chi connectivity index (χ4n) is 5.89. The lowest BCUT2D eigenvalue weighted by atomic mass is 9.53. The van der Waals surface area contributed by atoms with Crippen molar-refractivity contribution in [3.8, 4) is 0 Å². The van der Waals surface area contributed by atoms with Crippen molar-refractivity contribution in [2.24, 2.45) is 17.8 Å². The second kappa shape index (κ2) is 5.81. The highest BCUT2D eigenvalue weighted by molar-refractivity contribution is 6.33. The van der Waals surface area contributed by atoms with Crippen molar-refractivity contribution >= 4 is 23.0 Å². The van der Waals surface area contributed by atoms with Gasteiger partial charge in [0.15, 0.2) is 0 Å². The van der Waals surface area contributed by atoms with E-state index in [1.807, 2.05) is 0 Å². The van der Waals surface area contributed by atoms with Gasteiger partial charge in [0.1, 0.15) is 10.8 Å². The van der Waals surface area contributed by atoms with E-state index >= 15 is 0 Å². The van der Waals surface area contributed by atoms with Crippen LogP contribution < -0.4 is 10.9 Å². The predicted octanol–water partition coefficient (Wildman–Crippen LogP) is 4.70. The summed E-state index contributed by atoms with van der Waals surface area (Å²) in [5.41, 5.74) is 0.187. The Hall–Kier alpha value is -1.88. The number of hydrogen-bond acceptors (Lipinski definition) is 3. The van der Waals surface area contributed by atoms with Crippen molar-refractivity contribution in [1.29, 1.82) is 0 Å². The summed E-state index contributed by atoms with van der Waals surface area (Å²) < 4.78 is 15.5. The molecule has 0 aliphatic heterocycles. The molecule has 26 heavy (non-hydrogen) atoms. The highest BCUT2D eigenvalue weighted by Crippen LogP contribution is 2.58. The molecule has 0 amide bonds. The molecule has 4 bridgehead atoms. The number of aromatic nitrogens is 2. The third kappa shape index (κ3) is 2.48. The van der Waals surface area contributed by atoms with Crippen LogP contribution in [-0.4, -0.2) is 9.78 Å². The van der Waals surface area contributed by atoms with Crippen molar-refractivity contribution in [3.63, 3.8) is 0 Å². The summed E-state index contributed by atoms with van der Waals surface area (Å²) in [6, 6.07) is 6.31. The molecule has 1 aromatic carbocycles. The van der Waals surface area contributed by atoms with Crippen LogP contribution in [0.1, 0.15) is 38.5 Å². The average Bonchev–Trinajstić information content (AvgIpc) is 2.59. The van der Waals surface area contributed by atoms with E-state index in [2.05, 4.69) is 10.4 Å². The number of hydrogen-bond donors (Lipinski definition) is 1. The summed E-state index contributed by atoms with van der Waals surface area (Å²) in [6.07, 6.45) is 8.56. The number of rotatable bonds is 3. The van der Waals surface area contributed by atoms with Crippen molar-refractivity contribution in [1.82, 2.24) is 9.78 Å². The molecular formula is C20H21ClFN3O. The first-order chi connectivity index (χ1) is 12.5. The third-order valence-electron chi connectivity index (χ3n) is 6.52. The van der Waals surface area contributed by atoms with E-state index in [-0.39, 0.29) is 21.8 Å². The van der Waals surface area contributed by atoms with E-state index in [4.69, 9.17) is 11.6 Å². The Labute approximate surface area is 156 Å². The lowest BCUT2D eigenvalue weighted by Crippen LogP contribution is -2.55. The van der Waals surface area contributed by atoms with Crippen LogP contribution in [-0.2, 0) is 5.54 Å². The van der Waals surface area contributed by atoms with Gasteiger partial charge in [-0.15, -0.1) is 0 Å². The SMILES string of the molecule is O=c1c(Cl)c(Nc2ccccc2F)cnn1C12CC3CC(CC(C3)C1)C2. The summed E-state index contributed by atoms with van der Waals surface area (Å²) >= 11 is 6.38. The van der Waals surface area contributed by atoms with Crippen molar-refractivity contribution in [2.45, 2.75) is 44.1 Å². The minimum atomic E-state index is -0.395. The molecule has 4 saturated carbocycles. The number of anilines is 2. The molecule has 0 saturated heterocycles. The summed E-state index contributed by atoms with van der Waals surface area (Å²) in [4.78, 5) is 13.0. The normalized spacial score (nSPS) is 32.0. The Kier molecular flexibility index (Phi) is 3.64. The smallest absolute Gasteiger partial charge is 0.288 e. The molecule has 1 N–H and O–H groups in total. The van der Waals surface area contributed by atoms with Crippen LogP contribution in [0.3, 0.4) is 0 Å². The predicted molar refractivity (Wildman–Crippen MR) is 99.3 cm³/mol. The van der Waals surface area contributed by atoms with Crippen molar-refractivity contribution < 1.29 is 4.39 Å². The molecule has 1 aromatic heterocycles. The molecule has 4 fully saturated rings. The van der Waals surface area contributed by atoms with Crippen LogP contribution in [0, 0.1) is 23.6 Å². The largest absolute Gasteiger partial charge is 0.350 e. The highest BCUT2D eigenvalue weighted by atomic mass is 35.5. The van der Waals surface area contributed by atoms with Gasteiger partial charge in [-0.3, -0.25) is 4.79 Å². The van der Waals surface area contributed by atoms with E-state index in [1.165, 1.54) is 25.3 Å². The number of para-hydroxylation sites is 1. The van der Waals surface area contributed by atoms with Gasteiger partial charge < -0.3 is 5.32 Å². The maximum Gasteiger partial charge on any atom is 0.288 e. The van der Waals surface area contributed by atoms with Crippen LogP contribution >= 0.6 is 11.6 Å². The Morgan fingerprint density at radius 1 is 1.08 bits per heavy atom. The zero-order chi connectivity index (χ0) is 17.9. The Bertz CT molecular complexity index is 890. The number of nitrogens with one attached hydrogen (secondary N) is 1. The molecule has 4 aliphatic rings. The maximum atomic E-state index is 13.9. The molecule has 0 radical (unpaired) electrons. The summed E-state index contributed by atoms with van der Waals surface area (Å²) in [6.45, 7) is 0. The number of nitrogens with zero attached hydrogens (tertiary/aromatic N) is 2. The second-order valence-corrected chi connectivity index (χ2v) is 8.71. The first-order valence-corrected chi connectivity index (χ1v) is 9.72. The van der Waals surface area contributed by atoms with E-state index in [1.54, 1.807) is 29.1 Å². The quantitative estimate of drug-likeness (QED) is 0.847. The van der Waals surface area contributed by atoms with Gasteiger partial charge in [0.05, 0.1) is 23.1 Å². The molecule has 6 rings (SSSR count). The van der Waals surface area contributed by atoms with Crippen LogP contribution in [0.4, 0.5) is 15.8 Å². The topological polar surface area (TPSA) is 46.9 Å². The average molecular weight is 374 g/mol. The Morgan fingerprint density at radius 3 is 2.31 bits per heavy atom. The molecule has 4 aliphatic carbocycles. The van der Waals surface area contributed by atoms with E-state index < -0.39 is 5.82 Å². The lowest BCUT2D eigenvalue weighted by molar-refractivity contribution is -0.0518. The van der Waals surface area contributed by atoms with Crippen LogP contribution in [0.25, 0.3) is 0 Å². The van der Waals surface area contributed by atoms with E-state index in [0.29, 0.717) is 23.4 Å². The highest BCUT2D eigenvalue weighted by Gasteiger charge is 2.53. The van der Waals surface area contributed by atoms with Crippen LogP contribution in [0.5, 0.6) is 0 Å². The molecule has 0 unspecified atom stereocenters. The molecule has 136 valence electrons. The van der Waals surface area contributed by atoms with Crippen molar-refractivity contribution in [2.75, 3.05) is 5.32 Å². The first kappa shape index (κ1) is 16.3. The number of benzene rings is 1. The van der Waals surface area contributed by atoms with Gasteiger partial charge in [0, 0.05) is 0 Å². The maximum absolute atomic E-state index is 13.9. The van der Waals surface area contributed by atoms with Gasteiger partial charge in [0.2, 0.25) is 0 Å². The van der Waals surface area contributed by atoms with Crippen LogP contribution in [0.2, 0.25) is 5.02 Å². The standard InChI is InChI=1S/C20H21ClFN3O/c21-18-17(24-16-4-2-1-3-15(16)22)11-23-25(19(18)26)20-8-12-5-13(9-20)7-14(6-12)10-20/h1-4,11-14,24H,5-10H2. The van der Waals surface area contributed by atoms with Gasteiger partial charge in [-0.2, -0.15) is 5.10 Å². The van der Waals surface area contributed by atoms with Gasteiger partial charge in [-0.1, -0.05) is 23.7 Å². The molecular weight excluding hydrogens is 353 g/mol. The minimum absolute atomic E-state index is 0.0824. The van der Waals surface area contributed by atoms with Gasteiger partial charge in [-0.05, 0) is 68.4 Å². The van der Waals surface area contributed by atoms with Crippen molar-refractivity contribution in [3.05, 3.63) is 51.7 Å². The van der Waals surface area contributed by atoms with Gasteiger partial charge in [-0.25, -0.2) is 9.07 Å². The van der Waals surface area contributed by atoms with E-state index in [0.717, 1.165) is 19.3 Å². The number of halogens is 2. The summed E-state index contributed by atoms with van der Waals surface area (Å²) in [5.74, 6) is 1.74. The summed E-state index contributed by atoms with van der Waals surface area (Å²) in [7, 11) is 0. The summed E-state index contributed by atoms with van der Waals surface area (Å²) in [5, 5.41) is 7.47. The monoisotopic (exact) mass is 373 g/mol. The zero-order valence-electron chi connectivity index (χ0n) is 14.4. The zero-order valence-corrected chi connectivity index (χ0v) is 15.2. The fourth-order valence-corrected chi connectivity index (χ4v) is 6.07. The van der Waals surface area contributed by atoms with Crippen LogP contribution in [0.15, 0.2) is 35.3 Å². The fraction of sp³-hybridized carbons (Fsp3) is 0.500. The molecule has 4 nitrogen and oxygen atoms in total. The Balaban J connectivity index is 1.51. The molecule has 0 atom stereocenters. The molecule has 0 spiro atoms. The van der Waals surface area contributed by atoms with Gasteiger partial charge in [0.25, 0.3) is 5.56 Å².